The standard InChI is InChI=1S/C22H37NO5/c1-23-10-15-13(5-6-16(24-2)22(15)26-4)20-19(25-3)8-12-7-17-18(28-11-27-17)9-14(12)21(20)23/h12-22H,5-11H2,1-4H3/p+1. The number of hydrogen-bond acceptors (Lipinski definition) is 5. The lowest BCUT2D eigenvalue weighted by molar-refractivity contribution is -0.929. The maximum absolute atomic E-state index is 6.18. The Balaban J connectivity index is 1.44. The molecule has 6 heteroatoms. The summed E-state index contributed by atoms with van der Waals surface area (Å²) >= 11 is 0. The second-order valence-electron chi connectivity index (χ2n) is 9.97. The second kappa shape index (κ2) is 7.78. The van der Waals surface area contributed by atoms with Crippen molar-refractivity contribution in [3.8, 4) is 0 Å². The number of likely N-dealkylation sites (tertiary alicyclic amines) is 1. The number of quaternary nitrogens is 1. The molecule has 12 unspecified atom stereocenters. The molecule has 0 radical (unpaired) electrons. The molecule has 12 atom stereocenters. The van der Waals surface area contributed by atoms with E-state index in [4.69, 9.17) is 23.7 Å². The van der Waals surface area contributed by atoms with Gasteiger partial charge in [-0.3, -0.25) is 0 Å². The molecule has 0 aromatic heterocycles. The molecule has 5 rings (SSSR count). The molecule has 3 aliphatic carbocycles. The van der Waals surface area contributed by atoms with Crippen LogP contribution in [0.4, 0.5) is 0 Å². The van der Waals surface area contributed by atoms with Gasteiger partial charge >= 0.3 is 0 Å². The van der Waals surface area contributed by atoms with Gasteiger partial charge in [-0.25, -0.2) is 0 Å². The second-order valence-corrected chi connectivity index (χ2v) is 9.97. The van der Waals surface area contributed by atoms with Gasteiger partial charge in [0.05, 0.1) is 50.2 Å². The summed E-state index contributed by atoms with van der Waals surface area (Å²) in [6.07, 6.45) is 7.22. The van der Waals surface area contributed by atoms with E-state index in [2.05, 4.69) is 7.05 Å². The summed E-state index contributed by atoms with van der Waals surface area (Å²) in [6, 6.07) is 0.659. The van der Waals surface area contributed by atoms with Crippen LogP contribution in [-0.2, 0) is 23.7 Å². The van der Waals surface area contributed by atoms with Gasteiger partial charge in [0.15, 0.2) is 0 Å². The smallest absolute Gasteiger partial charge is 0.147 e. The van der Waals surface area contributed by atoms with Gasteiger partial charge in [0.25, 0.3) is 0 Å². The molecule has 0 spiro atoms. The molecule has 160 valence electrons. The Morgan fingerprint density at radius 1 is 0.786 bits per heavy atom. The van der Waals surface area contributed by atoms with Crippen LogP contribution in [0.5, 0.6) is 0 Å². The Labute approximate surface area is 169 Å². The maximum Gasteiger partial charge on any atom is 0.147 e. The van der Waals surface area contributed by atoms with Crippen molar-refractivity contribution in [1.29, 1.82) is 0 Å². The van der Waals surface area contributed by atoms with Crippen LogP contribution in [0, 0.1) is 29.6 Å². The third-order valence-corrected chi connectivity index (χ3v) is 9.09. The highest BCUT2D eigenvalue weighted by Crippen LogP contribution is 2.52. The van der Waals surface area contributed by atoms with Crippen LogP contribution >= 0.6 is 0 Å². The zero-order chi connectivity index (χ0) is 19.4. The van der Waals surface area contributed by atoms with E-state index in [1.165, 1.54) is 19.4 Å². The summed E-state index contributed by atoms with van der Waals surface area (Å²) in [5.41, 5.74) is 0. The molecule has 3 saturated carbocycles. The summed E-state index contributed by atoms with van der Waals surface area (Å²) in [7, 11) is 8.04. The van der Waals surface area contributed by atoms with Gasteiger partial charge in [-0.05, 0) is 43.9 Å². The van der Waals surface area contributed by atoms with Crippen LogP contribution in [0.25, 0.3) is 0 Å². The summed E-state index contributed by atoms with van der Waals surface area (Å²) in [5.74, 6) is 3.27. The van der Waals surface area contributed by atoms with E-state index in [-0.39, 0.29) is 12.2 Å². The van der Waals surface area contributed by atoms with Crippen LogP contribution in [-0.4, -0.2) is 78.3 Å². The normalized spacial score (nSPS) is 55.7. The molecular formula is C22H38NO5+. The third kappa shape index (κ3) is 2.98. The lowest BCUT2D eigenvalue weighted by atomic mass is 9.54. The largest absolute Gasteiger partial charge is 0.381 e. The first-order valence-corrected chi connectivity index (χ1v) is 11.3. The lowest BCUT2D eigenvalue weighted by Crippen LogP contribution is -3.18. The van der Waals surface area contributed by atoms with E-state index in [0.717, 1.165) is 25.2 Å². The minimum Gasteiger partial charge on any atom is -0.381 e. The van der Waals surface area contributed by atoms with Gasteiger partial charge in [-0.2, -0.15) is 0 Å². The van der Waals surface area contributed by atoms with E-state index >= 15 is 0 Å². The number of rotatable bonds is 3. The van der Waals surface area contributed by atoms with Gasteiger partial charge < -0.3 is 28.6 Å². The van der Waals surface area contributed by atoms with E-state index in [0.29, 0.717) is 54.8 Å². The molecular weight excluding hydrogens is 358 g/mol. The van der Waals surface area contributed by atoms with Crippen LogP contribution < -0.4 is 4.90 Å². The molecule has 2 saturated heterocycles. The molecule has 5 aliphatic rings. The molecule has 0 bridgehead atoms. The predicted molar refractivity (Wildman–Crippen MR) is 103 cm³/mol. The first-order chi connectivity index (χ1) is 13.7. The number of ether oxygens (including phenoxy) is 5. The Hall–Kier alpha value is -0.240. The highest BCUT2D eigenvalue weighted by atomic mass is 16.7. The van der Waals surface area contributed by atoms with E-state index < -0.39 is 0 Å². The topological polar surface area (TPSA) is 50.6 Å². The Bertz CT molecular complexity index is 561. The van der Waals surface area contributed by atoms with E-state index in [9.17, 15) is 0 Å². The SMILES string of the molecule is COC1CCC2C(C[NH+](C)C3C4CC5OCOC5CC4CC(OC)C23)C1OC. The molecule has 1 N–H and O–H groups in total. The van der Waals surface area contributed by atoms with Crippen molar-refractivity contribution in [2.24, 2.45) is 29.6 Å². The van der Waals surface area contributed by atoms with Gasteiger partial charge in [0.2, 0.25) is 0 Å². The first kappa shape index (κ1) is 19.7. The van der Waals surface area contributed by atoms with Crippen molar-refractivity contribution in [2.75, 3.05) is 41.7 Å². The molecule has 0 aromatic carbocycles. The zero-order valence-electron chi connectivity index (χ0n) is 17.8. The average molecular weight is 397 g/mol. The van der Waals surface area contributed by atoms with Crippen molar-refractivity contribution in [3.05, 3.63) is 0 Å². The van der Waals surface area contributed by atoms with Gasteiger partial charge in [0.1, 0.15) is 6.79 Å². The molecule has 2 heterocycles. The number of fused-ring (bicyclic) bond motifs is 6. The molecule has 5 fully saturated rings. The molecule has 2 aliphatic heterocycles. The summed E-state index contributed by atoms with van der Waals surface area (Å²) in [6.45, 7) is 1.66. The Morgan fingerprint density at radius 2 is 1.54 bits per heavy atom. The number of hydrogen-bond donors (Lipinski definition) is 1. The number of piperidine rings is 1. The third-order valence-electron chi connectivity index (χ3n) is 9.09. The number of nitrogens with one attached hydrogen (secondary N) is 1. The monoisotopic (exact) mass is 396 g/mol. The fourth-order valence-electron chi connectivity index (χ4n) is 8.06. The van der Waals surface area contributed by atoms with Gasteiger partial charge in [0, 0.05) is 39.1 Å². The molecule has 28 heavy (non-hydrogen) atoms. The fraction of sp³-hybridized carbons (Fsp3) is 1.00. The summed E-state index contributed by atoms with van der Waals surface area (Å²) in [4.78, 5) is 1.67. The molecule has 0 aromatic rings. The van der Waals surface area contributed by atoms with Crippen LogP contribution in [0.15, 0.2) is 0 Å². The molecule has 0 amide bonds. The van der Waals surface area contributed by atoms with Crippen molar-refractivity contribution < 1.29 is 28.6 Å². The average Bonchev–Trinajstić information content (AvgIpc) is 3.17. The van der Waals surface area contributed by atoms with Crippen LogP contribution in [0.2, 0.25) is 0 Å². The quantitative estimate of drug-likeness (QED) is 0.763. The zero-order valence-corrected chi connectivity index (χ0v) is 17.8. The van der Waals surface area contributed by atoms with Crippen LogP contribution in [0.3, 0.4) is 0 Å². The van der Waals surface area contributed by atoms with Crippen molar-refractivity contribution >= 4 is 0 Å². The predicted octanol–water partition coefficient (Wildman–Crippen LogP) is 0.742. The van der Waals surface area contributed by atoms with Crippen molar-refractivity contribution in [1.82, 2.24) is 0 Å². The van der Waals surface area contributed by atoms with E-state index in [1.807, 2.05) is 21.3 Å². The Morgan fingerprint density at radius 3 is 2.25 bits per heavy atom. The Kier molecular flexibility index (Phi) is 5.48. The number of methoxy groups -OCH3 is 3. The fourth-order valence-corrected chi connectivity index (χ4v) is 8.06. The van der Waals surface area contributed by atoms with Crippen LogP contribution in [0.1, 0.15) is 32.1 Å². The summed E-state index contributed by atoms with van der Waals surface area (Å²) in [5, 5.41) is 0. The van der Waals surface area contributed by atoms with E-state index in [1.54, 1.807) is 4.90 Å². The van der Waals surface area contributed by atoms with Gasteiger partial charge in [-0.1, -0.05) is 0 Å². The molecule has 6 nitrogen and oxygen atoms in total. The van der Waals surface area contributed by atoms with Gasteiger partial charge in [-0.15, -0.1) is 0 Å². The lowest BCUT2D eigenvalue weighted by Gasteiger charge is -2.59. The summed E-state index contributed by atoms with van der Waals surface area (Å²) < 4.78 is 29.8. The highest BCUT2D eigenvalue weighted by molar-refractivity contribution is 5.05. The van der Waals surface area contributed by atoms with Crippen molar-refractivity contribution in [2.45, 2.75) is 68.7 Å². The first-order valence-electron chi connectivity index (χ1n) is 11.3. The highest BCUT2D eigenvalue weighted by Gasteiger charge is 2.61. The van der Waals surface area contributed by atoms with Crippen molar-refractivity contribution in [3.63, 3.8) is 0 Å². The minimum absolute atomic E-state index is 0.206. The minimum atomic E-state index is 0.206. The maximum atomic E-state index is 6.18.